The van der Waals surface area contributed by atoms with Crippen molar-refractivity contribution < 1.29 is 20.1 Å². The molecule has 3 unspecified atom stereocenters. The molecule has 3 atom stereocenters. The standard InChI is InChI=1S/C32H41Cl4N9O4/c1-6-16(2)40-26(19-8-7-9-21(33)24(19)35)29(37)41-17(3)39-10-11-49-23(14-46)28(48)18-12-20(25(36)22(34)13-18)27-30(38)42-31(45-44-27)43-32(4,5)15-47/h7-9,12-13,16,23,28,46-48H,6,10-11,14-15H2,1-5H3,(H2,37,39,41)(H3,38,42,43,45). The van der Waals surface area contributed by atoms with E-state index in [0.29, 0.717) is 27.2 Å². The molecule has 266 valence electrons. The van der Waals surface area contributed by atoms with Crippen molar-refractivity contribution in [3.8, 4) is 11.3 Å². The smallest absolute Gasteiger partial charge is 0.245 e. The van der Waals surface area contributed by atoms with Gasteiger partial charge in [0.1, 0.15) is 29.4 Å². The molecule has 3 aromatic rings. The number of hydrogen-bond acceptors (Lipinski definition) is 11. The van der Waals surface area contributed by atoms with Gasteiger partial charge in [0.05, 0.1) is 52.0 Å². The highest BCUT2D eigenvalue weighted by atomic mass is 35.5. The molecule has 2 aromatic carbocycles. The molecule has 1 heterocycles. The zero-order chi connectivity index (χ0) is 36.5. The molecule has 17 heteroatoms. The van der Waals surface area contributed by atoms with Gasteiger partial charge in [0.2, 0.25) is 5.95 Å². The first-order valence-electron chi connectivity index (χ1n) is 15.3. The van der Waals surface area contributed by atoms with Gasteiger partial charge in [-0.3, -0.25) is 9.98 Å². The van der Waals surface area contributed by atoms with Crippen molar-refractivity contribution in [1.29, 1.82) is 0 Å². The molecule has 0 amide bonds. The van der Waals surface area contributed by atoms with Crippen LogP contribution in [0.25, 0.3) is 11.3 Å². The Morgan fingerprint density at radius 1 is 1.08 bits per heavy atom. The molecule has 8 N–H and O–H groups in total. The number of hydrogen-bond donors (Lipinski definition) is 6. The molecule has 0 aliphatic rings. The second-order valence-electron chi connectivity index (χ2n) is 11.7. The second kappa shape index (κ2) is 18.2. The third-order valence-electron chi connectivity index (χ3n) is 7.17. The highest BCUT2D eigenvalue weighted by Crippen LogP contribution is 2.38. The van der Waals surface area contributed by atoms with E-state index in [1.54, 1.807) is 39.0 Å². The second-order valence-corrected chi connectivity index (χ2v) is 13.3. The predicted octanol–water partition coefficient (Wildman–Crippen LogP) is 5.39. The number of halogens is 4. The lowest BCUT2D eigenvalue weighted by Gasteiger charge is -2.23. The highest BCUT2D eigenvalue weighted by molar-refractivity contribution is 6.53. The SMILES string of the molecule is CCC(C)N=C(C(N)=NC(C)=NCCOC(CO)C(O)c1cc(Cl)c(Cl)c(-c2nnc(NC(C)(C)CO)nc2N)c1)c1cccc(Cl)c1Cl. The van der Waals surface area contributed by atoms with E-state index < -0.39 is 24.4 Å². The first-order valence-corrected chi connectivity index (χ1v) is 16.8. The predicted molar refractivity (Wildman–Crippen MR) is 199 cm³/mol. The third kappa shape index (κ3) is 10.9. The summed E-state index contributed by atoms with van der Waals surface area (Å²) in [5, 5.41) is 42.7. The minimum atomic E-state index is -1.33. The summed E-state index contributed by atoms with van der Waals surface area (Å²) in [6.07, 6.45) is -1.61. The molecular formula is C32H41Cl4N9O4. The molecule has 0 aliphatic carbocycles. The largest absolute Gasteiger partial charge is 0.394 e. The minimum Gasteiger partial charge on any atom is -0.394 e. The van der Waals surface area contributed by atoms with Crippen LogP contribution in [0, 0.1) is 0 Å². The number of anilines is 2. The number of nitrogens with two attached hydrogens (primary N) is 2. The van der Waals surface area contributed by atoms with Gasteiger partial charge in [0.15, 0.2) is 11.7 Å². The highest BCUT2D eigenvalue weighted by Gasteiger charge is 2.25. The Morgan fingerprint density at radius 2 is 1.80 bits per heavy atom. The Morgan fingerprint density at radius 3 is 2.43 bits per heavy atom. The summed E-state index contributed by atoms with van der Waals surface area (Å²) in [6.45, 7) is 8.58. The molecule has 0 radical (unpaired) electrons. The van der Waals surface area contributed by atoms with Crippen LogP contribution in [0.5, 0.6) is 0 Å². The maximum atomic E-state index is 11.2. The monoisotopic (exact) mass is 755 g/mol. The lowest BCUT2D eigenvalue weighted by molar-refractivity contribution is -0.0620. The van der Waals surface area contributed by atoms with Crippen molar-refractivity contribution in [3.63, 3.8) is 0 Å². The molecule has 49 heavy (non-hydrogen) atoms. The van der Waals surface area contributed by atoms with Crippen LogP contribution in [0.4, 0.5) is 11.8 Å². The molecule has 13 nitrogen and oxygen atoms in total. The third-order valence-corrected chi connectivity index (χ3v) is 8.80. The molecule has 0 fully saturated rings. The summed E-state index contributed by atoms with van der Waals surface area (Å²) in [6, 6.07) is 8.11. The van der Waals surface area contributed by atoms with Crippen LogP contribution in [0.3, 0.4) is 0 Å². The van der Waals surface area contributed by atoms with Gasteiger partial charge < -0.3 is 36.8 Å². The van der Waals surface area contributed by atoms with Gasteiger partial charge in [-0.1, -0.05) is 65.5 Å². The van der Waals surface area contributed by atoms with Gasteiger partial charge in [0.25, 0.3) is 0 Å². The van der Waals surface area contributed by atoms with Crippen molar-refractivity contribution in [1.82, 2.24) is 15.2 Å². The Balaban J connectivity index is 1.75. The van der Waals surface area contributed by atoms with E-state index in [2.05, 4.69) is 30.5 Å². The summed E-state index contributed by atoms with van der Waals surface area (Å²) in [5.74, 6) is 0.547. The summed E-state index contributed by atoms with van der Waals surface area (Å²) in [7, 11) is 0. The van der Waals surface area contributed by atoms with Crippen LogP contribution in [-0.2, 0) is 4.74 Å². The molecule has 0 saturated heterocycles. The Kier molecular flexibility index (Phi) is 15.0. The van der Waals surface area contributed by atoms with Crippen LogP contribution in [0.15, 0.2) is 45.3 Å². The topological polar surface area (TPSA) is 210 Å². The lowest BCUT2D eigenvalue weighted by atomic mass is 10.0. The average molecular weight is 758 g/mol. The maximum absolute atomic E-state index is 11.2. The quantitative estimate of drug-likeness (QED) is 0.0661. The number of amidine groups is 2. The number of nitrogens with zero attached hydrogens (tertiary/aromatic N) is 6. The van der Waals surface area contributed by atoms with Crippen molar-refractivity contribution in [2.75, 3.05) is 37.4 Å². The summed E-state index contributed by atoms with van der Waals surface area (Å²) in [5.41, 5.74) is 13.4. The zero-order valence-electron chi connectivity index (χ0n) is 27.8. The number of aliphatic imine (C=N–C) groups is 3. The van der Waals surface area contributed by atoms with Crippen LogP contribution in [0.2, 0.25) is 20.1 Å². The number of nitrogen functional groups attached to an aromatic ring is 1. The fourth-order valence-corrected chi connectivity index (χ4v) is 5.10. The number of rotatable bonds is 15. The number of benzene rings is 2. The number of aliphatic hydroxyl groups excluding tert-OH is 3. The van der Waals surface area contributed by atoms with E-state index in [-0.39, 0.29) is 70.3 Å². The number of ether oxygens (including phenoxy) is 1. The molecule has 0 aliphatic heterocycles. The molecule has 1 aromatic heterocycles. The van der Waals surface area contributed by atoms with Gasteiger partial charge in [-0.05, 0) is 57.9 Å². The molecule has 0 spiro atoms. The van der Waals surface area contributed by atoms with Crippen molar-refractivity contribution >= 4 is 75.6 Å². The van der Waals surface area contributed by atoms with Crippen LogP contribution < -0.4 is 16.8 Å². The fraction of sp³-hybridized carbons (Fsp3) is 0.438. The van der Waals surface area contributed by atoms with Crippen LogP contribution in [0.1, 0.15) is 58.3 Å². The summed E-state index contributed by atoms with van der Waals surface area (Å²) >= 11 is 25.6. The van der Waals surface area contributed by atoms with Gasteiger partial charge in [-0.15, -0.1) is 10.2 Å². The minimum absolute atomic E-state index is 0.0173. The Hall–Kier alpha value is -3.14. The number of aliphatic hydroxyl groups is 3. The van der Waals surface area contributed by atoms with Gasteiger partial charge in [0, 0.05) is 17.2 Å². The van der Waals surface area contributed by atoms with Crippen molar-refractivity contribution in [2.45, 2.75) is 64.8 Å². The zero-order valence-corrected chi connectivity index (χ0v) is 30.8. The Bertz CT molecular complexity index is 1710. The van der Waals surface area contributed by atoms with E-state index >= 15 is 0 Å². The van der Waals surface area contributed by atoms with Crippen molar-refractivity contribution in [2.24, 2.45) is 20.7 Å². The van der Waals surface area contributed by atoms with Gasteiger partial charge in [-0.25, -0.2) is 4.99 Å². The average Bonchev–Trinajstić information content (AvgIpc) is 3.06. The number of aromatic nitrogens is 3. The maximum Gasteiger partial charge on any atom is 0.245 e. The molecule has 0 saturated carbocycles. The number of nitrogens with one attached hydrogen (secondary N) is 1. The molecule has 3 rings (SSSR count). The van der Waals surface area contributed by atoms with Crippen LogP contribution in [-0.4, -0.2) is 91.9 Å². The van der Waals surface area contributed by atoms with Crippen LogP contribution >= 0.6 is 46.4 Å². The molecular weight excluding hydrogens is 716 g/mol. The van der Waals surface area contributed by atoms with Gasteiger partial charge >= 0.3 is 0 Å². The van der Waals surface area contributed by atoms with E-state index in [1.165, 1.54) is 12.1 Å². The first-order chi connectivity index (χ1) is 23.1. The summed E-state index contributed by atoms with van der Waals surface area (Å²) < 4.78 is 5.78. The fourth-order valence-electron chi connectivity index (χ4n) is 4.28. The lowest BCUT2D eigenvalue weighted by Crippen LogP contribution is -2.36. The van der Waals surface area contributed by atoms with E-state index in [4.69, 9.17) is 67.6 Å². The normalized spacial score (nSPS) is 14.9. The summed E-state index contributed by atoms with van der Waals surface area (Å²) in [4.78, 5) is 17.7. The first kappa shape index (κ1) is 40.3. The Labute approximate surface area is 305 Å². The molecule has 0 bridgehead atoms. The van der Waals surface area contributed by atoms with Crippen molar-refractivity contribution in [3.05, 3.63) is 61.5 Å². The van der Waals surface area contributed by atoms with E-state index in [9.17, 15) is 15.3 Å². The van der Waals surface area contributed by atoms with E-state index in [1.807, 2.05) is 13.8 Å². The van der Waals surface area contributed by atoms with E-state index in [0.717, 1.165) is 6.42 Å². The van der Waals surface area contributed by atoms with Gasteiger partial charge in [-0.2, -0.15) is 4.98 Å².